The van der Waals surface area contributed by atoms with E-state index in [9.17, 15) is 19.1 Å². The van der Waals surface area contributed by atoms with Gasteiger partial charge in [-0.25, -0.2) is 9.18 Å². The first-order chi connectivity index (χ1) is 14.8. The van der Waals surface area contributed by atoms with Crippen LogP contribution in [0.25, 0.3) is 0 Å². The second-order valence-electron chi connectivity index (χ2n) is 7.35. The van der Waals surface area contributed by atoms with Gasteiger partial charge in [0.25, 0.3) is 5.91 Å². The molecule has 1 heterocycles. The number of nitrogens with one attached hydrogen (secondary N) is 1. The van der Waals surface area contributed by atoms with E-state index in [0.717, 1.165) is 24.4 Å². The van der Waals surface area contributed by atoms with Crippen LogP contribution in [-0.4, -0.2) is 33.8 Å². The molecule has 2 N–H and O–H groups in total. The zero-order chi connectivity index (χ0) is 22.5. The maximum Gasteiger partial charge on any atom is 0.337 e. The Kier molecular flexibility index (Phi) is 6.69. The number of hydrogen-bond donors (Lipinski definition) is 2. The molecule has 0 aliphatic carbocycles. The molecular weight excluding hydrogens is 399 g/mol. The minimum Gasteiger partial charge on any atom is -0.478 e. The first-order valence-corrected chi connectivity index (χ1v) is 9.97. The third-order valence-electron chi connectivity index (χ3n) is 4.82. The van der Waals surface area contributed by atoms with Crippen LogP contribution in [0, 0.1) is 12.7 Å². The molecule has 162 valence electrons. The number of hydrogen-bond acceptors (Lipinski definition) is 4. The molecule has 2 aromatic carbocycles. The number of aromatic carboxylic acids is 1. The number of aryl methyl sites for hydroxylation is 2. The van der Waals surface area contributed by atoms with E-state index < -0.39 is 17.7 Å². The number of carbonyl (C=O) groups is 2. The molecule has 0 saturated heterocycles. The number of carboxylic acids is 1. The summed E-state index contributed by atoms with van der Waals surface area (Å²) in [4.78, 5) is 26.1. The van der Waals surface area contributed by atoms with E-state index >= 15 is 0 Å². The molecule has 0 aliphatic rings. The molecule has 3 rings (SSSR count). The molecular formula is C23H25FN4O3. The van der Waals surface area contributed by atoms with Gasteiger partial charge in [-0.3, -0.25) is 9.48 Å². The maximum absolute atomic E-state index is 13.1. The summed E-state index contributed by atoms with van der Waals surface area (Å²) in [6, 6.07) is 11.8. The van der Waals surface area contributed by atoms with Crippen LogP contribution < -0.4 is 10.2 Å². The monoisotopic (exact) mass is 424 g/mol. The zero-order valence-electron chi connectivity index (χ0n) is 17.7. The van der Waals surface area contributed by atoms with Crippen molar-refractivity contribution in [2.24, 2.45) is 0 Å². The predicted octanol–water partition coefficient (Wildman–Crippen LogP) is 4.33. The van der Waals surface area contributed by atoms with E-state index in [4.69, 9.17) is 0 Å². The standard InChI is InChI=1S/C23H25FN4O3/c1-4-11-28-19(12-15(2)26-28)14-27(3)21-10-9-18(13-20(21)23(30)31)25-22(29)16-5-7-17(24)8-6-16/h5-10,12-13H,4,11,14H2,1-3H3,(H,25,29)(H,30,31). The highest BCUT2D eigenvalue weighted by Gasteiger charge is 2.17. The van der Waals surface area contributed by atoms with Gasteiger partial charge in [-0.1, -0.05) is 6.92 Å². The van der Waals surface area contributed by atoms with Crippen molar-refractivity contribution < 1.29 is 19.1 Å². The molecule has 0 fully saturated rings. The van der Waals surface area contributed by atoms with Crippen molar-refractivity contribution in [3.63, 3.8) is 0 Å². The van der Waals surface area contributed by atoms with Gasteiger partial charge in [0.1, 0.15) is 5.82 Å². The Morgan fingerprint density at radius 2 is 1.87 bits per heavy atom. The number of carbonyl (C=O) groups excluding carboxylic acids is 1. The smallest absolute Gasteiger partial charge is 0.337 e. The fraction of sp³-hybridized carbons (Fsp3) is 0.261. The molecule has 0 saturated carbocycles. The largest absolute Gasteiger partial charge is 0.478 e. The highest BCUT2D eigenvalue weighted by molar-refractivity contribution is 6.05. The highest BCUT2D eigenvalue weighted by Crippen LogP contribution is 2.26. The summed E-state index contributed by atoms with van der Waals surface area (Å²) in [5.74, 6) is -1.98. The third kappa shape index (κ3) is 5.28. The lowest BCUT2D eigenvalue weighted by atomic mass is 10.1. The van der Waals surface area contributed by atoms with Crippen LogP contribution in [-0.2, 0) is 13.1 Å². The fourth-order valence-corrected chi connectivity index (χ4v) is 3.38. The number of benzene rings is 2. The van der Waals surface area contributed by atoms with Crippen LogP contribution in [0.5, 0.6) is 0 Å². The summed E-state index contributed by atoms with van der Waals surface area (Å²) >= 11 is 0. The quantitative estimate of drug-likeness (QED) is 0.562. The van der Waals surface area contributed by atoms with Crippen molar-refractivity contribution in [2.75, 3.05) is 17.3 Å². The van der Waals surface area contributed by atoms with Crippen molar-refractivity contribution in [1.29, 1.82) is 0 Å². The minimum absolute atomic E-state index is 0.0673. The Morgan fingerprint density at radius 1 is 1.16 bits per heavy atom. The van der Waals surface area contributed by atoms with Crippen molar-refractivity contribution in [1.82, 2.24) is 9.78 Å². The van der Waals surface area contributed by atoms with Gasteiger partial charge in [-0.15, -0.1) is 0 Å². The average molecular weight is 424 g/mol. The SMILES string of the molecule is CCCn1nc(C)cc1CN(C)c1ccc(NC(=O)c2ccc(F)cc2)cc1C(=O)O. The van der Waals surface area contributed by atoms with Crippen LogP contribution in [0.3, 0.4) is 0 Å². The number of nitrogens with zero attached hydrogens (tertiary/aromatic N) is 3. The van der Waals surface area contributed by atoms with Crippen LogP contribution in [0.4, 0.5) is 15.8 Å². The summed E-state index contributed by atoms with van der Waals surface area (Å²) in [7, 11) is 1.82. The lowest BCUT2D eigenvalue weighted by Crippen LogP contribution is -2.22. The highest BCUT2D eigenvalue weighted by atomic mass is 19.1. The third-order valence-corrected chi connectivity index (χ3v) is 4.82. The first kappa shape index (κ1) is 22.0. The molecule has 7 nitrogen and oxygen atoms in total. The molecule has 31 heavy (non-hydrogen) atoms. The predicted molar refractivity (Wildman–Crippen MR) is 117 cm³/mol. The number of carboxylic acid groups (broad SMARTS) is 1. The van der Waals surface area contributed by atoms with Gasteiger partial charge in [0.15, 0.2) is 0 Å². The lowest BCUT2D eigenvalue weighted by molar-refractivity contribution is 0.0697. The second-order valence-corrected chi connectivity index (χ2v) is 7.35. The van der Waals surface area contributed by atoms with E-state index in [2.05, 4.69) is 17.3 Å². The number of halogens is 1. The Hall–Kier alpha value is -3.68. The fourth-order valence-electron chi connectivity index (χ4n) is 3.38. The van der Waals surface area contributed by atoms with E-state index in [1.165, 1.54) is 30.3 Å². The van der Waals surface area contributed by atoms with E-state index in [0.29, 0.717) is 17.9 Å². The van der Waals surface area contributed by atoms with Gasteiger partial charge in [-0.2, -0.15) is 5.10 Å². The van der Waals surface area contributed by atoms with E-state index in [1.54, 1.807) is 12.1 Å². The van der Waals surface area contributed by atoms with Crippen molar-refractivity contribution in [2.45, 2.75) is 33.4 Å². The maximum atomic E-state index is 13.1. The summed E-state index contributed by atoms with van der Waals surface area (Å²) in [5, 5.41) is 16.9. The van der Waals surface area contributed by atoms with E-state index in [1.807, 2.05) is 29.6 Å². The summed E-state index contributed by atoms with van der Waals surface area (Å²) < 4.78 is 15.0. The Morgan fingerprint density at radius 3 is 2.52 bits per heavy atom. The van der Waals surface area contributed by atoms with Gasteiger partial charge in [0.05, 0.1) is 29.2 Å². The van der Waals surface area contributed by atoms with Crippen molar-refractivity contribution in [3.8, 4) is 0 Å². The van der Waals surface area contributed by atoms with Gasteiger partial charge >= 0.3 is 5.97 Å². The van der Waals surface area contributed by atoms with Gasteiger partial charge < -0.3 is 15.3 Å². The Bertz CT molecular complexity index is 1090. The summed E-state index contributed by atoms with van der Waals surface area (Å²) in [5.41, 5.74) is 3.11. The van der Waals surface area contributed by atoms with Crippen LogP contribution in [0.1, 0.15) is 45.4 Å². The summed E-state index contributed by atoms with van der Waals surface area (Å²) in [6.07, 6.45) is 0.945. The first-order valence-electron chi connectivity index (χ1n) is 9.97. The van der Waals surface area contributed by atoms with E-state index in [-0.39, 0.29) is 11.1 Å². The zero-order valence-corrected chi connectivity index (χ0v) is 17.7. The minimum atomic E-state index is -1.10. The normalized spacial score (nSPS) is 10.7. The van der Waals surface area contributed by atoms with Gasteiger partial charge in [-0.05, 0) is 61.9 Å². The number of aromatic nitrogens is 2. The van der Waals surface area contributed by atoms with Gasteiger partial charge in [0, 0.05) is 24.8 Å². The summed E-state index contributed by atoms with van der Waals surface area (Å²) in [6.45, 7) is 5.28. The second kappa shape index (κ2) is 9.42. The van der Waals surface area contributed by atoms with Crippen molar-refractivity contribution in [3.05, 3.63) is 76.9 Å². The van der Waals surface area contributed by atoms with Crippen molar-refractivity contribution >= 4 is 23.3 Å². The molecule has 3 aromatic rings. The molecule has 0 spiro atoms. The molecule has 0 unspecified atom stereocenters. The molecule has 0 atom stereocenters. The number of amides is 1. The van der Waals surface area contributed by atoms with Crippen LogP contribution >= 0.6 is 0 Å². The topological polar surface area (TPSA) is 87.5 Å². The molecule has 1 aromatic heterocycles. The molecule has 1 amide bonds. The molecule has 8 heteroatoms. The lowest BCUT2D eigenvalue weighted by Gasteiger charge is -2.22. The van der Waals surface area contributed by atoms with Crippen LogP contribution in [0.2, 0.25) is 0 Å². The number of rotatable bonds is 8. The Labute approximate surface area is 180 Å². The van der Waals surface area contributed by atoms with Crippen LogP contribution in [0.15, 0.2) is 48.5 Å². The molecule has 0 bridgehead atoms. The van der Waals surface area contributed by atoms with Gasteiger partial charge in [0.2, 0.25) is 0 Å². The Balaban J connectivity index is 1.82. The average Bonchev–Trinajstić information content (AvgIpc) is 3.07. The molecule has 0 aliphatic heterocycles. The molecule has 0 radical (unpaired) electrons. The number of anilines is 2.